The molecule has 2 N–H and O–H groups in total. The van der Waals surface area contributed by atoms with E-state index in [1.54, 1.807) is 0 Å². The quantitative estimate of drug-likeness (QED) is 0.644. The highest BCUT2D eigenvalue weighted by Gasteiger charge is 2.25. The van der Waals surface area contributed by atoms with Gasteiger partial charge in [0.25, 0.3) is 6.43 Å². The first-order chi connectivity index (χ1) is 6.97. The lowest BCUT2D eigenvalue weighted by Gasteiger charge is -2.03. The van der Waals surface area contributed by atoms with Crippen molar-refractivity contribution in [1.29, 1.82) is 0 Å². The molecule has 82 valence electrons. The fourth-order valence-corrected chi connectivity index (χ4v) is 1.22. The molecular formula is C7H6ClF2N3O2. The van der Waals surface area contributed by atoms with Crippen LogP contribution in [0.4, 0.5) is 14.6 Å². The number of alkyl halides is 2. The van der Waals surface area contributed by atoms with E-state index in [1.807, 2.05) is 0 Å². The molecule has 0 aliphatic heterocycles. The molecule has 0 saturated carbocycles. The number of nitrogens with two attached hydrogens (primary N) is 1. The van der Waals surface area contributed by atoms with Gasteiger partial charge in [0, 0.05) is 5.56 Å². The van der Waals surface area contributed by atoms with E-state index >= 15 is 0 Å². The third kappa shape index (κ3) is 2.37. The summed E-state index contributed by atoms with van der Waals surface area (Å²) in [5.74, 6) is -0.796. The Hall–Kier alpha value is -1.34. The maximum absolute atomic E-state index is 12.4. The van der Waals surface area contributed by atoms with Gasteiger partial charge in [-0.15, -0.1) is 0 Å². The number of nitrogens with zero attached hydrogens (tertiary/aromatic N) is 2. The molecule has 0 unspecified atom stereocenters. The summed E-state index contributed by atoms with van der Waals surface area (Å²) in [6.45, 7) is -0.169. The van der Waals surface area contributed by atoms with Crippen LogP contribution in [0, 0.1) is 10.1 Å². The van der Waals surface area contributed by atoms with Gasteiger partial charge in [-0.25, -0.2) is 8.78 Å². The maximum Gasteiger partial charge on any atom is 0.383 e. The molecule has 0 saturated heterocycles. The highest BCUT2D eigenvalue weighted by Crippen LogP contribution is 2.33. The first kappa shape index (κ1) is 11.7. The van der Waals surface area contributed by atoms with Crippen molar-refractivity contribution in [3.63, 3.8) is 0 Å². The maximum atomic E-state index is 12.4. The molecule has 8 heteroatoms. The van der Waals surface area contributed by atoms with Crippen molar-refractivity contribution in [2.75, 3.05) is 0 Å². The SMILES string of the molecule is NCc1cc(C(F)F)c(Cl)c([N+](=O)[O-])n1. The van der Waals surface area contributed by atoms with E-state index in [-0.39, 0.29) is 12.2 Å². The molecule has 0 spiro atoms. The van der Waals surface area contributed by atoms with Gasteiger partial charge in [-0.05, 0) is 16.0 Å². The van der Waals surface area contributed by atoms with Gasteiger partial charge in [0.05, 0.1) is 6.54 Å². The normalized spacial score (nSPS) is 10.7. The summed E-state index contributed by atoms with van der Waals surface area (Å²) in [5.41, 5.74) is 4.54. The van der Waals surface area contributed by atoms with Crippen LogP contribution in [-0.2, 0) is 6.54 Å². The van der Waals surface area contributed by atoms with Crippen LogP contribution in [-0.4, -0.2) is 9.91 Å². The van der Waals surface area contributed by atoms with Crippen molar-refractivity contribution in [2.24, 2.45) is 5.73 Å². The zero-order valence-corrected chi connectivity index (χ0v) is 8.04. The minimum atomic E-state index is -2.90. The monoisotopic (exact) mass is 237 g/mol. The van der Waals surface area contributed by atoms with Crippen LogP contribution in [0.3, 0.4) is 0 Å². The molecule has 0 aliphatic rings. The molecule has 0 aliphatic carbocycles. The minimum Gasteiger partial charge on any atom is -0.358 e. The van der Waals surface area contributed by atoms with Gasteiger partial charge in [-0.3, -0.25) is 0 Å². The molecule has 0 bridgehead atoms. The smallest absolute Gasteiger partial charge is 0.358 e. The summed E-state index contributed by atoms with van der Waals surface area (Å²) in [5, 5.41) is 9.79. The highest BCUT2D eigenvalue weighted by atomic mass is 35.5. The highest BCUT2D eigenvalue weighted by molar-refractivity contribution is 6.33. The number of hydrogen-bond acceptors (Lipinski definition) is 4. The molecule has 1 rings (SSSR count). The predicted octanol–water partition coefficient (Wildman–Crippen LogP) is 2.04. The molecular weight excluding hydrogens is 232 g/mol. The van der Waals surface area contributed by atoms with E-state index in [0.717, 1.165) is 6.07 Å². The van der Waals surface area contributed by atoms with Crippen molar-refractivity contribution in [3.8, 4) is 0 Å². The minimum absolute atomic E-state index is 0.00130. The van der Waals surface area contributed by atoms with E-state index in [1.165, 1.54) is 0 Å². The van der Waals surface area contributed by atoms with E-state index in [9.17, 15) is 18.9 Å². The molecule has 0 fully saturated rings. The Labute approximate surface area is 88.0 Å². The van der Waals surface area contributed by atoms with Crippen molar-refractivity contribution < 1.29 is 13.7 Å². The molecule has 15 heavy (non-hydrogen) atoms. The van der Waals surface area contributed by atoms with Crippen LogP contribution in [0.2, 0.25) is 5.02 Å². The number of pyridine rings is 1. The molecule has 1 aromatic heterocycles. The Kier molecular flexibility index (Phi) is 3.48. The molecule has 0 atom stereocenters. The van der Waals surface area contributed by atoms with Crippen LogP contribution in [0.15, 0.2) is 6.07 Å². The molecule has 0 radical (unpaired) electrons. The van der Waals surface area contributed by atoms with Crippen molar-refractivity contribution >= 4 is 17.4 Å². The average Bonchev–Trinajstić information content (AvgIpc) is 2.17. The second kappa shape index (κ2) is 4.45. The van der Waals surface area contributed by atoms with Crippen LogP contribution in [0.25, 0.3) is 0 Å². The van der Waals surface area contributed by atoms with Gasteiger partial charge >= 0.3 is 5.82 Å². The van der Waals surface area contributed by atoms with Gasteiger partial charge in [0.15, 0.2) is 5.69 Å². The van der Waals surface area contributed by atoms with Gasteiger partial charge in [0.2, 0.25) is 0 Å². The lowest BCUT2D eigenvalue weighted by molar-refractivity contribution is -0.389. The molecule has 1 aromatic rings. The molecule has 0 aromatic carbocycles. The van der Waals surface area contributed by atoms with Crippen molar-refractivity contribution in [1.82, 2.24) is 4.98 Å². The zero-order valence-electron chi connectivity index (χ0n) is 7.28. The predicted molar refractivity (Wildman–Crippen MR) is 48.7 cm³/mol. The standard InChI is InChI=1S/C7H6ClF2N3O2/c8-5-4(6(9)10)1-3(2-11)12-7(5)13(14)15/h1,6H,2,11H2. The summed E-state index contributed by atoms with van der Waals surface area (Å²) >= 11 is 5.40. The lowest BCUT2D eigenvalue weighted by atomic mass is 10.2. The van der Waals surface area contributed by atoms with Crippen LogP contribution < -0.4 is 5.73 Å². The second-order valence-corrected chi connectivity index (χ2v) is 2.98. The number of aromatic nitrogens is 1. The second-order valence-electron chi connectivity index (χ2n) is 2.60. The summed E-state index contributed by atoms with van der Waals surface area (Å²) in [6, 6.07) is 0.958. The van der Waals surface area contributed by atoms with Crippen LogP contribution in [0.5, 0.6) is 0 Å². The molecule has 0 amide bonds. The van der Waals surface area contributed by atoms with E-state index in [0.29, 0.717) is 0 Å². The van der Waals surface area contributed by atoms with Crippen molar-refractivity contribution in [3.05, 3.63) is 32.5 Å². The Balaban J connectivity index is 3.40. The number of rotatable bonds is 3. The fourth-order valence-electron chi connectivity index (χ4n) is 0.974. The number of nitro groups is 1. The summed E-state index contributed by atoms with van der Waals surface area (Å²) in [4.78, 5) is 13.0. The van der Waals surface area contributed by atoms with Crippen LogP contribution >= 0.6 is 11.6 Å². The van der Waals surface area contributed by atoms with E-state index < -0.39 is 27.8 Å². The Morgan fingerprint density at radius 3 is 2.67 bits per heavy atom. The Bertz CT molecular complexity index is 400. The van der Waals surface area contributed by atoms with E-state index in [2.05, 4.69) is 4.98 Å². The number of hydrogen-bond donors (Lipinski definition) is 1. The topological polar surface area (TPSA) is 82.0 Å². The van der Waals surface area contributed by atoms with Gasteiger partial charge < -0.3 is 15.8 Å². The van der Waals surface area contributed by atoms with Gasteiger partial charge in [0.1, 0.15) is 5.02 Å². The first-order valence-corrected chi connectivity index (χ1v) is 4.17. The first-order valence-electron chi connectivity index (χ1n) is 3.79. The zero-order chi connectivity index (χ0) is 11.6. The van der Waals surface area contributed by atoms with Crippen molar-refractivity contribution in [2.45, 2.75) is 13.0 Å². The largest absolute Gasteiger partial charge is 0.383 e. The third-order valence-electron chi connectivity index (χ3n) is 1.64. The molecule has 1 heterocycles. The third-order valence-corrected chi connectivity index (χ3v) is 2.03. The lowest BCUT2D eigenvalue weighted by Crippen LogP contribution is -2.05. The van der Waals surface area contributed by atoms with Crippen LogP contribution in [0.1, 0.15) is 17.7 Å². The summed E-state index contributed by atoms with van der Waals surface area (Å²) < 4.78 is 24.8. The number of halogens is 3. The summed E-state index contributed by atoms with van der Waals surface area (Å²) in [6.07, 6.45) is -2.90. The van der Waals surface area contributed by atoms with E-state index in [4.69, 9.17) is 17.3 Å². The van der Waals surface area contributed by atoms with Gasteiger partial charge in [-0.1, -0.05) is 11.6 Å². The van der Waals surface area contributed by atoms with Gasteiger partial charge in [-0.2, -0.15) is 0 Å². The Morgan fingerprint density at radius 2 is 2.27 bits per heavy atom. The average molecular weight is 238 g/mol. The Morgan fingerprint density at radius 1 is 1.67 bits per heavy atom. The fraction of sp³-hybridized carbons (Fsp3) is 0.286. The molecule has 5 nitrogen and oxygen atoms in total. The summed E-state index contributed by atoms with van der Waals surface area (Å²) in [7, 11) is 0.